The molecule has 5 aromatic rings. The van der Waals surface area contributed by atoms with Crippen LogP contribution in [0.25, 0.3) is 0 Å². The van der Waals surface area contributed by atoms with Gasteiger partial charge in [0.05, 0.1) is 11.1 Å². The first-order chi connectivity index (χ1) is 27.1. The lowest BCUT2D eigenvalue weighted by molar-refractivity contribution is -0.137. The van der Waals surface area contributed by atoms with Crippen LogP contribution >= 0.6 is 11.6 Å². The number of nitrogens with zero attached hydrogens (tertiary/aromatic N) is 3. The zero-order valence-electron chi connectivity index (χ0n) is 31.3. The molecule has 0 unspecified atom stereocenters. The fourth-order valence-electron chi connectivity index (χ4n) is 5.61. The Balaban J connectivity index is 1.08. The smallest absolute Gasteiger partial charge is 0.416 e. The summed E-state index contributed by atoms with van der Waals surface area (Å²) in [6.07, 6.45) is -2.83. The van der Waals surface area contributed by atoms with Crippen LogP contribution in [0.4, 0.5) is 36.4 Å². The highest BCUT2D eigenvalue weighted by Crippen LogP contribution is 2.48. The van der Waals surface area contributed by atoms with Crippen LogP contribution in [0.1, 0.15) is 59.3 Å². The van der Waals surface area contributed by atoms with Crippen molar-refractivity contribution in [2.24, 2.45) is 5.41 Å². The highest BCUT2D eigenvalue weighted by Gasteiger charge is 2.45. The molecule has 0 bridgehead atoms. The van der Waals surface area contributed by atoms with Gasteiger partial charge in [-0.3, -0.25) is 14.4 Å². The van der Waals surface area contributed by atoms with Gasteiger partial charge in [0.1, 0.15) is 6.61 Å². The van der Waals surface area contributed by atoms with Gasteiger partial charge in [0.15, 0.2) is 0 Å². The van der Waals surface area contributed by atoms with Gasteiger partial charge in [0.2, 0.25) is 11.9 Å². The van der Waals surface area contributed by atoms with Crippen molar-refractivity contribution < 1.29 is 32.3 Å². The Morgan fingerprint density at radius 3 is 2.00 bits per heavy atom. The summed E-state index contributed by atoms with van der Waals surface area (Å²) < 4.78 is 45.0. The van der Waals surface area contributed by atoms with Gasteiger partial charge in [0.25, 0.3) is 5.91 Å². The fourth-order valence-corrected chi connectivity index (χ4v) is 5.73. The maximum absolute atomic E-state index is 13.1. The number of aryl methyl sites for hydroxylation is 1. The van der Waals surface area contributed by atoms with Crippen molar-refractivity contribution in [3.63, 3.8) is 0 Å². The van der Waals surface area contributed by atoms with E-state index in [0.29, 0.717) is 27.5 Å². The Morgan fingerprint density at radius 1 is 0.754 bits per heavy atom. The van der Waals surface area contributed by atoms with Gasteiger partial charge < -0.3 is 31.3 Å². The van der Waals surface area contributed by atoms with Crippen LogP contribution in [0.15, 0.2) is 97.1 Å². The molecular formula is C41H40ClF3N8O4. The maximum atomic E-state index is 13.1. The highest BCUT2D eigenvalue weighted by atomic mass is 35.5. The summed E-state index contributed by atoms with van der Waals surface area (Å²) in [5.41, 5.74) is 2.14. The molecule has 5 N–H and O–H groups in total. The standard InChI is InChI=1S/C41H40ClF3N8O4/c1-25-4-16-31(17-5-25)48-35(56)34(55)47-24-39(2,3)23-46-33(54)27-8-18-32(19-9-27)49-36-50-37(53-40(20-21-40)28-12-14-30(42)15-13-28)52-38(51-36)57-22-26-6-10-29(11-7-26)41(43,44)45/h4-19H,20-24H2,1-3H3,(H,46,54)(H,47,55)(H,48,56)(H2,49,50,51,52,53). The number of rotatable bonds is 14. The van der Waals surface area contributed by atoms with Crippen molar-refractivity contribution in [2.75, 3.05) is 29.0 Å². The molecule has 1 saturated carbocycles. The van der Waals surface area contributed by atoms with E-state index in [-0.39, 0.29) is 43.5 Å². The number of anilines is 4. The summed E-state index contributed by atoms with van der Waals surface area (Å²) in [7, 11) is 0. The zero-order valence-corrected chi connectivity index (χ0v) is 32.0. The fraction of sp³-hybridized carbons (Fsp3) is 0.268. The normalized spacial score (nSPS) is 13.2. The van der Waals surface area contributed by atoms with Crippen molar-refractivity contribution in [1.29, 1.82) is 0 Å². The number of halogens is 4. The van der Waals surface area contributed by atoms with Gasteiger partial charge in [-0.05, 0) is 97.0 Å². The van der Waals surface area contributed by atoms with E-state index in [4.69, 9.17) is 16.3 Å². The molecule has 1 fully saturated rings. The largest absolute Gasteiger partial charge is 0.458 e. The van der Waals surface area contributed by atoms with Crippen LogP contribution < -0.4 is 31.3 Å². The number of carbonyl (C=O) groups is 3. The number of amides is 3. The van der Waals surface area contributed by atoms with Gasteiger partial charge in [-0.25, -0.2) is 0 Å². The molecule has 0 atom stereocenters. The second-order valence-electron chi connectivity index (χ2n) is 14.5. The van der Waals surface area contributed by atoms with Gasteiger partial charge >= 0.3 is 24.0 Å². The minimum atomic E-state index is -4.46. The Hall–Kier alpha value is -6.22. The molecule has 296 valence electrons. The molecule has 1 aromatic heterocycles. The van der Waals surface area contributed by atoms with E-state index < -0.39 is 34.5 Å². The number of nitrogens with one attached hydrogen (secondary N) is 5. The van der Waals surface area contributed by atoms with Gasteiger partial charge in [-0.15, -0.1) is 0 Å². The van der Waals surface area contributed by atoms with Gasteiger partial charge in [-0.1, -0.05) is 67.4 Å². The van der Waals surface area contributed by atoms with Crippen LogP contribution in [-0.2, 0) is 27.9 Å². The number of carbonyl (C=O) groups excluding carboxylic acids is 3. The Morgan fingerprint density at radius 2 is 1.37 bits per heavy atom. The summed E-state index contributed by atoms with van der Waals surface area (Å²) in [4.78, 5) is 51.2. The average Bonchev–Trinajstić information content (AvgIpc) is 3.96. The Bertz CT molecular complexity index is 2210. The molecule has 57 heavy (non-hydrogen) atoms. The van der Waals surface area contributed by atoms with E-state index in [2.05, 4.69) is 41.5 Å². The van der Waals surface area contributed by atoms with Crippen LogP contribution in [0.5, 0.6) is 6.01 Å². The van der Waals surface area contributed by atoms with E-state index >= 15 is 0 Å². The molecule has 0 spiro atoms. The van der Waals surface area contributed by atoms with Crippen molar-refractivity contribution in [3.8, 4) is 6.01 Å². The number of hydrogen-bond acceptors (Lipinski definition) is 9. The number of alkyl halides is 3. The lowest BCUT2D eigenvalue weighted by Gasteiger charge is -2.25. The number of hydrogen-bond donors (Lipinski definition) is 5. The highest BCUT2D eigenvalue weighted by molar-refractivity contribution is 6.39. The first kappa shape index (κ1) is 40.4. The molecular weight excluding hydrogens is 761 g/mol. The first-order valence-electron chi connectivity index (χ1n) is 18.0. The molecule has 1 aliphatic carbocycles. The molecule has 12 nitrogen and oxygen atoms in total. The molecule has 1 heterocycles. The maximum Gasteiger partial charge on any atom is 0.416 e. The zero-order chi connectivity index (χ0) is 40.8. The minimum absolute atomic E-state index is 0.0662. The molecule has 6 rings (SSSR count). The molecule has 16 heteroatoms. The monoisotopic (exact) mass is 800 g/mol. The summed E-state index contributed by atoms with van der Waals surface area (Å²) in [6, 6.07) is 25.7. The van der Waals surface area contributed by atoms with Crippen molar-refractivity contribution in [1.82, 2.24) is 25.6 Å². The number of benzene rings is 4. The topological polar surface area (TPSA) is 159 Å². The lowest BCUT2D eigenvalue weighted by atomic mass is 9.93. The number of aromatic nitrogens is 3. The quantitative estimate of drug-likeness (QED) is 0.0707. The van der Waals surface area contributed by atoms with E-state index in [1.165, 1.54) is 12.1 Å². The second kappa shape index (κ2) is 16.9. The minimum Gasteiger partial charge on any atom is -0.458 e. The molecule has 0 aliphatic heterocycles. The predicted octanol–water partition coefficient (Wildman–Crippen LogP) is 7.79. The molecule has 0 saturated heterocycles. The average molecular weight is 801 g/mol. The second-order valence-corrected chi connectivity index (χ2v) is 15.0. The predicted molar refractivity (Wildman–Crippen MR) is 210 cm³/mol. The van der Waals surface area contributed by atoms with Crippen LogP contribution in [0.2, 0.25) is 5.02 Å². The third kappa shape index (κ3) is 11.2. The summed E-state index contributed by atoms with van der Waals surface area (Å²) >= 11 is 6.11. The Labute approximate surface area is 332 Å². The van der Waals surface area contributed by atoms with Crippen molar-refractivity contribution in [2.45, 2.75) is 51.9 Å². The van der Waals surface area contributed by atoms with E-state index in [0.717, 1.165) is 36.1 Å². The first-order valence-corrected chi connectivity index (χ1v) is 18.3. The lowest BCUT2D eigenvalue weighted by Crippen LogP contribution is -2.44. The molecule has 0 radical (unpaired) electrons. The summed E-state index contributed by atoms with van der Waals surface area (Å²) in [6.45, 7) is 5.85. The van der Waals surface area contributed by atoms with Gasteiger partial charge in [0, 0.05) is 35.1 Å². The van der Waals surface area contributed by atoms with E-state index in [1.54, 1.807) is 48.5 Å². The van der Waals surface area contributed by atoms with Crippen molar-refractivity contribution in [3.05, 3.63) is 130 Å². The van der Waals surface area contributed by atoms with E-state index in [1.807, 2.05) is 45.0 Å². The molecule has 1 aliphatic rings. The molecule has 4 aromatic carbocycles. The van der Waals surface area contributed by atoms with Crippen LogP contribution in [0.3, 0.4) is 0 Å². The van der Waals surface area contributed by atoms with Crippen molar-refractivity contribution >= 4 is 52.6 Å². The third-order valence-electron chi connectivity index (χ3n) is 9.14. The van der Waals surface area contributed by atoms with Crippen LogP contribution in [0, 0.1) is 12.3 Å². The van der Waals surface area contributed by atoms with Gasteiger partial charge in [-0.2, -0.15) is 28.1 Å². The summed E-state index contributed by atoms with van der Waals surface area (Å²) in [5.74, 6) is -1.59. The Kier molecular flexibility index (Phi) is 12.0. The summed E-state index contributed by atoms with van der Waals surface area (Å²) in [5, 5.41) is 15.2. The van der Waals surface area contributed by atoms with Crippen LogP contribution in [-0.4, -0.2) is 45.8 Å². The SMILES string of the molecule is Cc1ccc(NC(=O)C(=O)NCC(C)(C)CNC(=O)c2ccc(Nc3nc(NC4(c5ccc(Cl)cc5)CC4)nc(OCc4ccc(C(F)(F)F)cc4)n3)cc2)cc1. The third-order valence-corrected chi connectivity index (χ3v) is 9.39. The number of ether oxygens (including phenoxy) is 1. The molecule has 3 amide bonds. The van der Waals surface area contributed by atoms with E-state index in [9.17, 15) is 27.6 Å².